The van der Waals surface area contributed by atoms with Crippen molar-refractivity contribution in [2.45, 2.75) is 12.5 Å². The minimum atomic E-state index is -0.0286. The fourth-order valence-electron chi connectivity index (χ4n) is 3.67. The minimum absolute atomic E-state index is 0.0286. The Balaban J connectivity index is 1.50. The summed E-state index contributed by atoms with van der Waals surface area (Å²) in [7, 11) is 0. The van der Waals surface area contributed by atoms with Crippen LogP contribution in [-0.2, 0) is 0 Å². The summed E-state index contributed by atoms with van der Waals surface area (Å²) < 4.78 is 6.27. The van der Waals surface area contributed by atoms with Crippen molar-refractivity contribution in [1.29, 1.82) is 0 Å². The van der Waals surface area contributed by atoms with Gasteiger partial charge < -0.3 is 4.42 Å². The lowest BCUT2D eigenvalue weighted by Crippen LogP contribution is -2.17. The van der Waals surface area contributed by atoms with E-state index in [1.165, 1.54) is 0 Å². The fourth-order valence-corrected chi connectivity index (χ4v) is 3.92. The van der Waals surface area contributed by atoms with E-state index in [1.54, 1.807) is 0 Å². The van der Waals surface area contributed by atoms with Crippen molar-refractivity contribution in [3.63, 3.8) is 0 Å². The van der Waals surface area contributed by atoms with Crippen LogP contribution >= 0.6 is 23.2 Å². The third-order valence-electron chi connectivity index (χ3n) is 5.19. The summed E-state index contributed by atoms with van der Waals surface area (Å²) in [5, 5.41) is 8.40. The van der Waals surface area contributed by atoms with Gasteiger partial charge in [-0.3, -0.25) is 5.01 Å². The third-order valence-corrected chi connectivity index (χ3v) is 5.70. The lowest BCUT2D eigenvalue weighted by atomic mass is 10.0. The van der Waals surface area contributed by atoms with Crippen LogP contribution in [0.1, 0.15) is 23.8 Å². The zero-order valence-electron chi connectivity index (χ0n) is 16.0. The summed E-state index contributed by atoms with van der Waals surface area (Å²) in [6.45, 7) is 0. The van der Waals surface area contributed by atoms with Gasteiger partial charge in [0.1, 0.15) is 17.6 Å². The molecule has 0 radical (unpaired) electrons. The molecule has 2 heterocycles. The molecule has 0 N–H and O–H groups in total. The Hall–Kier alpha value is -3.01. The van der Waals surface area contributed by atoms with Crippen molar-refractivity contribution in [3.8, 4) is 11.3 Å². The zero-order valence-corrected chi connectivity index (χ0v) is 17.5. The second-order valence-electron chi connectivity index (χ2n) is 7.16. The van der Waals surface area contributed by atoms with Gasteiger partial charge in [0, 0.05) is 22.0 Å². The van der Waals surface area contributed by atoms with Crippen molar-refractivity contribution in [2.75, 3.05) is 5.01 Å². The van der Waals surface area contributed by atoms with Crippen LogP contribution in [0.2, 0.25) is 10.0 Å². The van der Waals surface area contributed by atoms with Crippen LogP contribution in [0.25, 0.3) is 11.3 Å². The molecule has 1 aromatic heterocycles. The highest BCUT2D eigenvalue weighted by Crippen LogP contribution is 2.38. The van der Waals surface area contributed by atoms with E-state index in [1.807, 2.05) is 83.9 Å². The van der Waals surface area contributed by atoms with E-state index in [2.05, 4.69) is 12.1 Å². The van der Waals surface area contributed by atoms with Crippen LogP contribution in [0.4, 0.5) is 5.69 Å². The largest absolute Gasteiger partial charge is 0.459 e. The molecular formula is C25H18Cl2N2O. The number of hydrogen-bond acceptors (Lipinski definition) is 3. The maximum atomic E-state index is 6.27. The van der Waals surface area contributed by atoms with Crippen molar-refractivity contribution in [2.24, 2.45) is 5.10 Å². The summed E-state index contributed by atoms with van der Waals surface area (Å²) in [6.07, 6.45) is 0.740. The van der Waals surface area contributed by atoms with E-state index >= 15 is 0 Å². The average Bonchev–Trinajstić information content (AvgIpc) is 3.43. The predicted octanol–water partition coefficient (Wildman–Crippen LogP) is 7.61. The highest BCUT2D eigenvalue weighted by atomic mass is 35.5. The van der Waals surface area contributed by atoms with Crippen LogP contribution in [0, 0.1) is 0 Å². The molecule has 0 amide bonds. The number of para-hydroxylation sites is 1. The van der Waals surface area contributed by atoms with Gasteiger partial charge in [0.05, 0.1) is 11.4 Å². The van der Waals surface area contributed by atoms with E-state index in [4.69, 9.17) is 32.7 Å². The van der Waals surface area contributed by atoms with E-state index in [9.17, 15) is 0 Å². The maximum absolute atomic E-state index is 6.27. The number of furan rings is 1. The molecule has 1 aliphatic heterocycles. The lowest BCUT2D eigenvalue weighted by Gasteiger charge is -2.21. The number of benzene rings is 3. The Kier molecular flexibility index (Phi) is 5.07. The quantitative estimate of drug-likeness (QED) is 0.331. The molecule has 30 heavy (non-hydrogen) atoms. The molecule has 1 atom stereocenters. The smallest absolute Gasteiger partial charge is 0.134 e. The second kappa shape index (κ2) is 8.02. The molecule has 5 heteroatoms. The molecule has 1 unspecified atom stereocenters. The van der Waals surface area contributed by atoms with Gasteiger partial charge in [-0.2, -0.15) is 5.10 Å². The average molecular weight is 433 g/mol. The van der Waals surface area contributed by atoms with Crippen LogP contribution in [0.15, 0.2) is 101 Å². The van der Waals surface area contributed by atoms with Crippen LogP contribution in [0.5, 0.6) is 0 Å². The van der Waals surface area contributed by atoms with Crippen molar-refractivity contribution in [3.05, 3.63) is 112 Å². The van der Waals surface area contributed by atoms with Gasteiger partial charge in [-0.05, 0) is 66.2 Å². The van der Waals surface area contributed by atoms with Crippen LogP contribution in [-0.4, -0.2) is 5.71 Å². The molecule has 3 nitrogen and oxygen atoms in total. The molecule has 0 saturated carbocycles. The Labute approximate surface area is 185 Å². The Morgan fingerprint density at radius 1 is 0.733 bits per heavy atom. The number of anilines is 1. The molecule has 1 aliphatic rings. The van der Waals surface area contributed by atoms with Crippen molar-refractivity contribution in [1.82, 2.24) is 0 Å². The highest BCUT2D eigenvalue weighted by molar-refractivity contribution is 6.31. The number of hydrogen-bond donors (Lipinski definition) is 0. The van der Waals surface area contributed by atoms with Gasteiger partial charge in [0.15, 0.2) is 0 Å². The van der Waals surface area contributed by atoms with E-state index < -0.39 is 0 Å². The van der Waals surface area contributed by atoms with Gasteiger partial charge >= 0.3 is 0 Å². The summed E-state index contributed by atoms with van der Waals surface area (Å²) >= 11 is 12.1. The molecule has 0 saturated heterocycles. The van der Waals surface area contributed by atoms with Gasteiger partial charge in [0.2, 0.25) is 0 Å². The van der Waals surface area contributed by atoms with Gasteiger partial charge in [-0.15, -0.1) is 0 Å². The van der Waals surface area contributed by atoms with E-state index in [0.717, 1.165) is 40.5 Å². The third kappa shape index (κ3) is 3.74. The monoisotopic (exact) mass is 432 g/mol. The minimum Gasteiger partial charge on any atom is -0.459 e. The van der Waals surface area contributed by atoms with Crippen LogP contribution in [0.3, 0.4) is 0 Å². The number of rotatable bonds is 4. The summed E-state index contributed by atoms with van der Waals surface area (Å²) in [4.78, 5) is 0. The molecule has 0 bridgehead atoms. The summed E-state index contributed by atoms with van der Waals surface area (Å²) in [5.41, 5.74) is 4.09. The number of hydrazone groups is 1. The topological polar surface area (TPSA) is 28.7 Å². The Bertz CT molecular complexity index is 1180. The zero-order chi connectivity index (χ0) is 20.5. The normalized spacial score (nSPS) is 16.0. The Morgan fingerprint density at radius 3 is 2.03 bits per heavy atom. The molecule has 5 rings (SSSR count). The van der Waals surface area contributed by atoms with Gasteiger partial charge in [0.25, 0.3) is 0 Å². The molecule has 4 aromatic rings. The first-order valence-corrected chi connectivity index (χ1v) is 10.5. The van der Waals surface area contributed by atoms with Gasteiger partial charge in [-0.1, -0.05) is 53.5 Å². The molecule has 0 fully saturated rings. The fraction of sp³-hybridized carbons (Fsp3) is 0.0800. The molecule has 148 valence electrons. The lowest BCUT2D eigenvalue weighted by molar-refractivity contribution is 0.475. The molecule has 3 aromatic carbocycles. The molecular weight excluding hydrogens is 415 g/mol. The predicted molar refractivity (Wildman–Crippen MR) is 123 cm³/mol. The van der Waals surface area contributed by atoms with E-state index in [-0.39, 0.29) is 6.04 Å². The number of halogens is 2. The summed E-state index contributed by atoms with van der Waals surface area (Å²) in [5.74, 6) is 1.69. The molecule has 0 spiro atoms. The van der Waals surface area contributed by atoms with Crippen molar-refractivity contribution >= 4 is 34.6 Å². The maximum Gasteiger partial charge on any atom is 0.134 e. The van der Waals surface area contributed by atoms with Crippen molar-refractivity contribution < 1.29 is 4.42 Å². The SMILES string of the molecule is Clc1ccc(C2=NN(c3ccccc3)C(c3ccc(-c4ccc(Cl)cc4)o3)C2)cc1. The molecule has 0 aliphatic carbocycles. The van der Waals surface area contributed by atoms with Gasteiger partial charge in [-0.25, -0.2) is 0 Å². The first-order valence-electron chi connectivity index (χ1n) is 9.71. The Morgan fingerprint density at radius 2 is 1.37 bits per heavy atom. The number of nitrogens with zero attached hydrogens (tertiary/aromatic N) is 2. The van der Waals surface area contributed by atoms with Crippen LogP contribution < -0.4 is 5.01 Å². The second-order valence-corrected chi connectivity index (χ2v) is 8.04. The highest BCUT2D eigenvalue weighted by Gasteiger charge is 2.32. The standard InChI is InChI=1S/C25H18Cl2N2O/c26-19-10-6-17(7-11-19)22-16-23(29(28-22)21-4-2-1-3-5-21)25-15-14-24(30-25)18-8-12-20(27)13-9-18/h1-15,23H,16H2. The summed E-state index contributed by atoms with van der Waals surface area (Å²) in [6, 6.07) is 29.6. The first-order chi connectivity index (χ1) is 14.7. The van der Waals surface area contributed by atoms with E-state index in [0.29, 0.717) is 10.0 Å². The first kappa shape index (κ1) is 19.0.